The molecule has 0 saturated heterocycles. The molecule has 2 rings (SSSR count). The molecule has 0 aliphatic rings. The van der Waals surface area contributed by atoms with Crippen LogP contribution in [0.15, 0.2) is 30.5 Å². The summed E-state index contributed by atoms with van der Waals surface area (Å²) in [6.07, 6.45) is 1.76. The van der Waals surface area contributed by atoms with Gasteiger partial charge in [0.15, 0.2) is 0 Å². The number of hydrogen-bond acceptors (Lipinski definition) is 4. The van der Waals surface area contributed by atoms with Crippen molar-refractivity contribution in [1.29, 1.82) is 0 Å². The first-order valence-corrected chi connectivity index (χ1v) is 7.89. The summed E-state index contributed by atoms with van der Waals surface area (Å²) in [4.78, 5) is 27.2. The quantitative estimate of drug-likeness (QED) is 0.861. The molecule has 2 N–H and O–H groups in total. The zero-order valence-electron chi connectivity index (χ0n) is 14.9. The van der Waals surface area contributed by atoms with E-state index in [1.54, 1.807) is 56.3 Å². The molecule has 9 heteroatoms. The summed E-state index contributed by atoms with van der Waals surface area (Å²) in [5, 5.41) is 13.3. The van der Waals surface area contributed by atoms with E-state index in [4.69, 9.17) is 0 Å². The Kier molecular flexibility index (Phi) is 5.93. The van der Waals surface area contributed by atoms with Crippen molar-refractivity contribution in [3.8, 4) is 0 Å². The molecule has 0 unspecified atom stereocenters. The first-order valence-electron chi connectivity index (χ1n) is 7.89. The highest BCUT2D eigenvalue weighted by atomic mass is 16.2. The fourth-order valence-corrected chi connectivity index (χ4v) is 2.18. The van der Waals surface area contributed by atoms with Gasteiger partial charge in [0, 0.05) is 45.3 Å². The maximum atomic E-state index is 12.3. The molecular formula is C16H23N7O2. The highest BCUT2D eigenvalue weighted by Crippen LogP contribution is 2.19. The lowest BCUT2D eigenvalue weighted by atomic mass is 10.2. The molecular weight excluding hydrogens is 322 g/mol. The van der Waals surface area contributed by atoms with Gasteiger partial charge >= 0.3 is 12.1 Å². The Bertz CT molecular complexity index is 744. The fourth-order valence-electron chi connectivity index (χ4n) is 2.18. The van der Waals surface area contributed by atoms with Gasteiger partial charge in [0.05, 0.1) is 6.54 Å². The number of hydrogen-bond donors (Lipinski definition) is 2. The molecule has 1 aromatic carbocycles. The van der Waals surface area contributed by atoms with Gasteiger partial charge in [-0.15, -0.1) is 5.10 Å². The number of nitrogens with zero attached hydrogens (tertiary/aromatic N) is 5. The maximum absolute atomic E-state index is 12.3. The van der Waals surface area contributed by atoms with Gasteiger partial charge in [-0.05, 0) is 25.1 Å². The Labute approximate surface area is 146 Å². The van der Waals surface area contributed by atoms with E-state index in [9.17, 15) is 9.59 Å². The standard InChI is InChI=1S/C16H23N7O2/c1-5-17-15(24)23(4)14-8-6-7-12(9-14)18-16(25)21(2)10-13-11-22(3)20-19-13/h6-9,11H,5,10H2,1-4H3,(H,17,24)(H,18,25). The van der Waals surface area contributed by atoms with Crippen molar-refractivity contribution in [2.24, 2.45) is 7.05 Å². The summed E-state index contributed by atoms with van der Waals surface area (Å²) in [5.74, 6) is 0. The molecule has 1 heterocycles. The van der Waals surface area contributed by atoms with Crippen LogP contribution in [0.5, 0.6) is 0 Å². The number of benzene rings is 1. The van der Waals surface area contributed by atoms with Crippen molar-refractivity contribution in [1.82, 2.24) is 25.2 Å². The molecule has 2 aromatic rings. The van der Waals surface area contributed by atoms with Crippen molar-refractivity contribution in [2.45, 2.75) is 13.5 Å². The van der Waals surface area contributed by atoms with Gasteiger partial charge in [0.25, 0.3) is 0 Å². The SMILES string of the molecule is CCNC(=O)N(C)c1cccc(NC(=O)N(C)Cc2cn(C)nn2)c1. The predicted octanol–water partition coefficient (Wildman–Crippen LogP) is 1.64. The normalized spacial score (nSPS) is 10.2. The minimum Gasteiger partial charge on any atom is -0.338 e. The topological polar surface area (TPSA) is 95.4 Å². The zero-order valence-corrected chi connectivity index (χ0v) is 14.9. The average molecular weight is 345 g/mol. The fraction of sp³-hybridized carbons (Fsp3) is 0.375. The number of carbonyl (C=O) groups is 2. The van der Waals surface area contributed by atoms with Crippen LogP contribution in [0.3, 0.4) is 0 Å². The van der Waals surface area contributed by atoms with Gasteiger partial charge in [0.2, 0.25) is 0 Å². The van der Waals surface area contributed by atoms with Gasteiger partial charge in [-0.1, -0.05) is 11.3 Å². The third-order valence-corrected chi connectivity index (χ3v) is 3.51. The minimum absolute atomic E-state index is 0.203. The van der Waals surface area contributed by atoms with Crippen LogP contribution in [0.25, 0.3) is 0 Å². The molecule has 1 aromatic heterocycles. The van der Waals surface area contributed by atoms with Gasteiger partial charge in [0.1, 0.15) is 5.69 Å². The van der Waals surface area contributed by atoms with Crippen LogP contribution < -0.4 is 15.5 Å². The minimum atomic E-state index is -0.275. The van der Waals surface area contributed by atoms with Crippen LogP contribution >= 0.6 is 0 Å². The van der Waals surface area contributed by atoms with Gasteiger partial charge in [-0.3, -0.25) is 9.58 Å². The molecule has 0 aliphatic heterocycles. The number of rotatable bonds is 5. The van der Waals surface area contributed by atoms with Crippen LogP contribution in [-0.4, -0.2) is 52.6 Å². The van der Waals surface area contributed by atoms with E-state index < -0.39 is 0 Å². The summed E-state index contributed by atoms with van der Waals surface area (Å²) in [6.45, 7) is 2.75. The number of carbonyl (C=O) groups excluding carboxylic acids is 2. The first-order chi connectivity index (χ1) is 11.9. The highest BCUT2D eigenvalue weighted by Gasteiger charge is 2.13. The Morgan fingerprint density at radius 3 is 2.64 bits per heavy atom. The van der Waals surface area contributed by atoms with E-state index in [2.05, 4.69) is 20.9 Å². The number of urea groups is 2. The second kappa shape index (κ2) is 8.13. The molecule has 0 atom stereocenters. The Balaban J connectivity index is 2.00. The van der Waals surface area contributed by atoms with E-state index in [0.29, 0.717) is 30.2 Å². The van der Waals surface area contributed by atoms with Crippen molar-refractivity contribution >= 4 is 23.4 Å². The van der Waals surface area contributed by atoms with E-state index in [1.165, 1.54) is 9.80 Å². The number of aryl methyl sites for hydroxylation is 1. The number of anilines is 2. The van der Waals surface area contributed by atoms with Crippen LogP contribution in [0, 0.1) is 0 Å². The predicted molar refractivity (Wildman–Crippen MR) is 95.4 cm³/mol. The summed E-state index contributed by atoms with van der Waals surface area (Å²) < 4.78 is 1.59. The smallest absolute Gasteiger partial charge is 0.321 e. The third-order valence-electron chi connectivity index (χ3n) is 3.51. The summed E-state index contributed by atoms with van der Waals surface area (Å²) >= 11 is 0. The zero-order chi connectivity index (χ0) is 18.4. The third kappa shape index (κ3) is 4.93. The Morgan fingerprint density at radius 1 is 1.24 bits per heavy atom. The molecule has 134 valence electrons. The van der Waals surface area contributed by atoms with Crippen molar-refractivity contribution in [2.75, 3.05) is 30.9 Å². The lowest BCUT2D eigenvalue weighted by Gasteiger charge is -2.20. The Morgan fingerprint density at radius 2 is 2.00 bits per heavy atom. The second-order valence-corrected chi connectivity index (χ2v) is 5.61. The molecule has 25 heavy (non-hydrogen) atoms. The summed E-state index contributed by atoms with van der Waals surface area (Å²) in [6, 6.07) is 6.61. The van der Waals surface area contributed by atoms with Gasteiger partial charge in [-0.25, -0.2) is 9.59 Å². The molecule has 4 amide bonds. The monoisotopic (exact) mass is 345 g/mol. The van der Waals surface area contributed by atoms with Gasteiger partial charge in [-0.2, -0.15) is 0 Å². The lowest BCUT2D eigenvalue weighted by molar-refractivity contribution is 0.220. The summed E-state index contributed by atoms with van der Waals surface area (Å²) in [5.41, 5.74) is 1.98. The van der Waals surface area contributed by atoms with Crippen molar-refractivity contribution in [3.63, 3.8) is 0 Å². The number of amides is 4. The van der Waals surface area contributed by atoms with Crippen LogP contribution in [0.2, 0.25) is 0 Å². The molecule has 0 bridgehead atoms. The molecule has 0 aliphatic carbocycles. The van der Waals surface area contributed by atoms with E-state index in [1.807, 2.05) is 6.92 Å². The molecule has 9 nitrogen and oxygen atoms in total. The second-order valence-electron chi connectivity index (χ2n) is 5.61. The van der Waals surface area contributed by atoms with Crippen LogP contribution in [0.4, 0.5) is 21.0 Å². The van der Waals surface area contributed by atoms with Crippen LogP contribution in [-0.2, 0) is 13.6 Å². The maximum Gasteiger partial charge on any atom is 0.321 e. The van der Waals surface area contributed by atoms with Crippen molar-refractivity contribution < 1.29 is 9.59 Å². The highest BCUT2D eigenvalue weighted by molar-refractivity contribution is 5.93. The van der Waals surface area contributed by atoms with Gasteiger partial charge < -0.3 is 15.5 Å². The molecule has 0 radical (unpaired) electrons. The first kappa shape index (κ1) is 18.2. The number of aromatic nitrogens is 3. The number of nitrogens with one attached hydrogen (secondary N) is 2. The van der Waals surface area contributed by atoms with E-state index in [-0.39, 0.29) is 12.1 Å². The molecule has 0 spiro atoms. The molecule has 0 fully saturated rings. The Hall–Kier alpha value is -3.10. The largest absolute Gasteiger partial charge is 0.338 e. The summed E-state index contributed by atoms with van der Waals surface area (Å²) in [7, 11) is 5.12. The van der Waals surface area contributed by atoms with Crippen LogP contribution in [0.1, 0.15) is 12.6 Å². The van der Waals surface area contributed by atoms with E-state index >= 15 is 0 Å². The van der Waals surface area contributed by atoms with Crippen molar-refractivity contribution in [3.05, 3.63) is 36.2 Å². The molecule has 0 saturated carbocycles. The van der Waals surface area contributed by atoms with E-state index in [0.717, 1.165) is 0 Å². The lowest BCUT2D eigenvalue weighted by Crippen LogP contribution is -2.37. The average Bonchev–Trinajstić information content (AvgIpc) is 2.99.